The number of anilines is 1. The first-order valence-corrected chi connectivity index (χ1v) is 10.5. The summed E-state index contributed by atoms with van der Waals surface area (Å²) in [5.74, 6) is 0.182. The van der Waals surface area contributed by atoms with Gasteiger partial charge in [-0.3, -0.25) is 4.57 Å². The van der Waals surface area contributed by atoms with Crippen molar-refractivity contribution < 1.29 is 26.3 Å². The molecule has 1 aromatic carbocycles. The van der Waals surface area contributed by atoms with E-state index in [0.717, 1.165) is 28.3 Å². The molecule has 3 aromatic rings. The molecule has 0 fully saturated rings. The maximum absolute atomic E-state index is 12.7. The molecular weight excluding hydrogens is 470 g/mol. The zero-order chi connectivity index (χ0) is 23.8. The van der Waals surface area contributed by atoms with Gasteiger partial charge in [-0.2, -0.15) is 31.3 Å². The molecule has 33 heavy (non-hydrogen) atoms. The Morgan fingerprint density at radius 3 is 2.24 bits per heavy atom. The molecule has 5 nitrogen and oxygen atoms in total. The second kappa shape index (κ2) is 8.65. The van der Waals surface area contributed by atoms with E-state index in [1.807, 2.05) is 6.08 Å². The fourth-order valence-electron chi connectivity index (χ4n) is 3.38. The Kier molecular flexibility index (Phi) is 6.04. The molecule has 3 heterocycles. The molecule has 0 saturated heterocycles. The van der Waals surface area contributed by atoms with Gasteiger partial charge in [-0.25, -0.2) is 9.78 Å². The lowest BCUT2D eigenvalue weighted by Crippen LogP contribution is -2.33. The van der Waals surface area contributed by atoms with E-state index in [0.29, 0.717) is 41.3 Å². The molecule has 0 saturated carbocycles. The molecule has 0 unspecified atom stereocenters. The van der Waals surface area contributed by atoms with Crippen molar-refractivity contribution in [2.24, 2.45) is 0 Å². The molecule has 0 radical (unpaired) electrons. The zero-order valence-electron chi connectivity index (χ0n) is 16.8. The number of hydrogen-bond acceptors (Lipinski definition) is 5. The van der Waals surface area contributed by atoms with Crippen molar-refractivity contribution in [3.05, 3.63) is 80.2 Å². The molecule has 174 valence electrons. The van der Waals surface area contributed by atoms with Crippen molar-refractivity contribution in [3.63, 3.8) is 0 Å². The zero-order valence-corrected chi connectivity index (χ0v) is 17.6. The third-order valence-electron chi connectivity index (χ3n) is 5.10. The van der Waals surface area contributed by atoms with E-state index < -0.39 is 28.5 Å². The molecule has 4 rings (SSSR count). The van der Waals surface area contributed by atoms with Crippen LogP contribution >= 0.6 is 11.3 Å². The van der Waals surface area contributed by atoms with Gasteiger partial charge in [0.1, 0.15) is 11.2 Å². The average molecular weight is 486 g/mol. The predicted octanol–water partition coefficient (Wildman–Crippen LogP) is 5.08. The van der Waals surface area contributed by atoms with Gasteiger partial charge in [0.2, 0.25) is 5.95 Å². The summed E-state index contributed by atoms with van der Waals surface area (Å²) in [6.45, 7) is 0.744. The molecule has 0 spiro atoms. The van der Waals surface area contributed by atoms with Crippen LogP contribution in [0.2, 0.25) is 0 Å². The van der Waals surface area contributed by atoms with Crippen LogP contribution in [-0.2, 0) is 18.9 Å². The fourth-order valence-corrected chi connectivity index (χ4v) is 4.25. The maximum atomic E-state index is 12.7. The number of rotatable bonds is 4. The highest BCUT2D eigenvalue weighted by molar-refractivity contribution is 7.12. The van der Waals surface area contributed by atoms with Crippen molar-refractivity contribution in [1.82, 2.24) is 14.5 Å². The molecule has 0 aliphatic carbocycles. The Bertz CT molecular complexity index is 1230. The van der Waals surface area contributed by atoms with E-state index in [1.165, 1.54) is 24.5 Å². The first-order valence-electron chi connectivity index (χ1n) is 9.72. The van der Waals surface area contributed by atoms with Gasteiger partial charge in [0, 0.05) is 18.0 Å². The van der Waals surface area contributed by atoms with Crippen molar-refractivity contribution in [1.29, 1.82) is 0 Å². The van der Waals surface area contributed by atoms with Gasteiger partial charge < -0.3 is 4.90 Å². The summed E-state index contributed by atoms with van der Waals surface area (Å²) in [5, 5.41) is 0. The number of benzene rings is 1. The molecule has 0 N–H and O–H groups in total. The number of thiophene rings is 1. The van der Waals surface area contributed by atoms with E-state index in [4.69, 9.17) is 0 Å². The van der Waals surface area contributed by atoms with Crippen LogP contribution in [-0.4, -0.2) is 27.6 Å². The van der Waals surface area contributed by atoms with E-state index in [9.17, 15) is 31.1 Å². The highest BCUT2D eigenvalue weighted by atomic mass is 32.1. The second-order valence-corrected chi connectivity index (χ2v) is 8.50. The highest BCUT2D eigenvalue weighted by Crippen LogP contribution is 2.35. The van der Waals surface area contributed by atoms with Crippen LogP contribution in [0.15, 0.2) is 53.6 Å². The van der Waals surface area contributed by atoms with Gasteiger partial charge in [0.25, 0.3) is 0 Å². The van der Waals surface area contributed by atoms with Crippen molar-refractivity contribution >= 4 is 22.9 Å². The standard InChI is InChI=1S/C21H16F6N4OS/c22-20(23,24)15-3-1-13(2-4-15)14-7-9-30(10-8-14)18-28-12-31(19(32)29-18)11-16-5-6-17(33-16)21(25,26)27/h1-7,12H,8-11H2. The van der Waals surface area contributed by atoms with Crippen molar-refractivity contribution in [3.8, 4) is 0 Å². The first kappa shape index (κ1) is 23.0. The fraction of sp³-hybridized carbons (Fsp3) is 0.286. The summed E-state index contributed by atoms with van der Waals surface area (Å²) in [7, 11) is 0. The summed E-state index contributed by atoms with van der Waals surface area (Å²) in [5.41, 5.74) is 0.217. The Morgan fingerprint density at radius 1 is 0.970 bits per heavy atom. The van der Waals surface area contributed by atoms with Crippen molar-refractivity contribution in [2.45, 2.75) is 25.3 Å². The molecule has 2 aromatic heterocycles. The molecule has 0 atom stereocenters. The number of halogens is 6. The van der Waals surface area contributed by atoms with Gasteiger partial charge >= 0.3 is 18.0 Å². The van der Waals surface area contributed by atoms with E-state index in [-0.39, 0.29) is 12.5 Å². The van der Waals surface area contributed by atoms with Crippen molar-refractivity contribution in [2.75, 3.05) is 18.0 Å². The highest BCUT2D eigenvalue weighted by Gasteiger charge is 2.32. The molecule has 12 heteroatoms. The van der Waals surface area contributed by atoms with E-state index >= 15 is 0 Å². The molecule has 1 aliphatic heterocycles. The molecule has 0 amide bonds. The topological polar surface area (TPSA) is 51.0 Å². The van der Waals surface area contributed by atoms with Crippen LogP contribution in [0.25, 0.3) is 5.57 Å². The number of hydrogen-bond donors (Lipinski definition) is 0. The van der Waals surface area contributed by atoms with Crippen LogP contribution < -0.4 is 10.6 Å². The van der Waals surface area contributed by atoms with Crippen LogP contribution in [0.4, 0.5) is 32.3 Å². The van der Waals surface area contributed by atoms with Crippen LogP contribution in [0.3, 0.4) is 0 Å². The first-order chi connectivity index (χ1) is 15.5. The monoisotopic (exact) mass is 486 g/mol. The Balaban J connectivity index is 1.43. The number of nitrogens with zero attached hydrogens (tertiary/aromatic N) is 4. The third kappa shape index (κ3) is 5.27. The number of aromatic nitrogens is 3. The SMILES string of the molecule is O=c1nc(N2CC=C(c3ccc(C(F)(F)F)cc3)CC2)ncn1Cc1ccc(C(F)(F)F)s1. The smallest absolute Gasteiger partial charge is 0.337 e. The molecular formula is C21H16F6N4OS. The lowest BCUT2D eigenvalue weighted by molar-refractivity contribution is -0.137. The van der Waals surface area contributed by atoms with Gasteiger partial charge in [-0.15, -0.1) is 11.3 Å². The summed E-state index contributed by atoms with van der Waals surface area (Å²) >= 11 is 0.555. The van der Waals surface area contributed by atoms with E-state index in [2.05, 4.69) is 9.97 Å². The Morgan fingerprint density at radius 2 is 1.70 bits per heavy atom. The number of alkyl halides is 6. The lowest BCUT2D eigenvalue weighted by Gasteiger charge is -2.26. The summed E-state index contributed by atoms with van der Waals surface area (Å²) in [6, 6.07) is 7.21. The minimum atomic E-state index is -4.44. The quantitative estimate of drug-likeness (QED) is 0.483. The van der Waals surface area contributed by atoms with E-state index in [1.54, 1.807) is 4.90 Å². The minimum absolute atomic E-state index is 0.0716. The second-order valence-electron chi connectivity index (χ2n) is 7.33. The maximum Gasteiger partial charge on any atom is 0.425 e. The van der Waals surface area contributed by atoms with Crippen LogP contribution in [0.5, 0.6) is 0 Å². The third-order valence-corrected chi connectivity index (χ3v) is 6.21. The van der Waals surface area contributed by atoms with Crippen LogP contribution in [0, 0.1) is 0 Å². The average Bonchev–Trinajstić information content (AvgIpc) is 3.24. The Labute approximate surface area is 187 Å². The van der Waals surface area contributed by atoms with Gasteiger partial charge in [0.15, 0.2) is 0 Å². The van der Waals surface area contributed by atoms with Gasteiger partial charge in [0.05, 0.1) is 12.1 Å². The summed E-state index contributed by atoms with van der Waals surface area (Å²) < 4.78 is 77.5. The summed E-state index contributed by atoms with van der Waals surface area (Å²) in [6.07, 6.45) is -5.22. The predicted molar refractivity (Wildman–Crippen MR) is 111 cm³/mol. The normalized spacial score (nSPS) is 15.0. The van der Waals surface area contributed by atoms with Gasteiger partial charge in [-0.05, 0) is 41.8 Å². The van der Waals surface area contributed by atoms with Gasteiger partial charge in [-0.1, -0.05) is 18.2 Å². The Hall–Kier alpha value is -3.15. The molecule has 0 bridgehead atoms. The minimum Gasteiger partial charge on any atom is -0.337 e. The largest absolute Gasteiger partial charge is 0.425 e. The summed E-state index contributed by atoms with van der Waals surface area (Å²) in [4.78, 5) is 21.8. The lowest BCUT2D eigenvalue weighted by atomic mass is 9.98. The molecule has 1 aliphatic rings. The van der Waals surface area contributed by atoms with Crippen LogP contribution in [0.1, 0.15) is 27.3 Å².